The molecule has 5 rings (SSSR count). The second-order valence-electron chi connectivity index (χ2n) is 7.51. The SMILES string of the molecule is O=C(O)[C@H]1C[C@H](c2nn[nH]n2)CN1C(=O)OCC1c2ccccc2-c2ccccc21. The van der Waals surface area contributed by atoms with E-state index in [0.29, 0.717) is 5.82 Å². The molecule has 0 bridgehead atoms. The van der Waals surface area contributed by atoms with Crippen LogP contribution in [0, 0.1) is 0 Å². The van der Waals surface area contributed by atoms with E-state index in [0.717, 1.165) is 22.3 Å². The zero-order chi connectivity index (χ0) is 20.7. The molecule has 152 valence electrons. The summed E-state index contributed by atoms with van der Waals surface area (Å²) in [5.41, 5.74) is 4.48. The number of aromatic nitrogens is 4. The first-order chi connectivity index (χ1) is 14.6. The van der Waals surface area contributed by atoms with Gasteiger partial charge in [0, 0.05) is 18.4 Å². The fourth-order valence-electron chi connectivity index (χ4n) is 4.48. The summed E-state index contributed by atoms with van der Waals surface area (Å²) < 4.78 is 5.63. The molecule has 30 heavy (non-hydrogen) atoms. The molecule has 2 N–H and O–H groups in total. The number of hydrogen-bond acceptors (Lipinski definition) is 6. The highest BCUT2D eigenvalue weighted by atomic mass is 16.6. The number of likely N-dealkylation sites (tertiary alicyclic amines) is 1. The summed E-state index contributed by atoms with van der Waals surface area (Å²) in [7, 11) is 0. The molecular weight excluding hydrogens is 386 g/mol. The number of carbonyl (C=O) groups is 2. The van der Waals surface area contributed by atoms with Crippen molar-refractivity contribution in [1.29, 1.82) is 0 Å². The van der Waals surface area contributed by atoms with Gasteiger partial charge in [-0.2, -0.15) is 5.21 Å². The highest BCUT2D eigenvalue weighted by molar-refractivity contribution is 5.82. The number of hydrogen-bond donors (Lipinski definition) is 2. The van der Waals surface area contributed by atoms with Crippen LogP contribution in [0.15, 0.2) is 48.5 Å². The summed E-state index contributed by atoms with van der Waals surface area (Å²) in [6.45, 7) is 0.315. The van der Waals surface area contributed by atoms with Crippen molar-refractivity contribution in [2.45, 2.75) is 24.3 Å². The Kier molecular flexibility index (Phi) is 4.42. The summed E-state index contributed by atoms with van der Waals surface area (Å²) >= 11 is 0. The van der Waals surface area contributed by atoms with Crippen LogP contribution in [0.25, 0.3) is 11.1 Å². The van der Waals surface area contributed by atoms with Gasteiger partial charge in [-0.25, -0.2) is 9.59 Å². The fraction of sp³-hybridized carbons (Fsp3) is 0.286. The standard InChI is InChI=1S/C21H19N5O4/c27-20(28)18-9-12(19-22-24-25-23-19)10-26(18)21(29)30-11-17-15-7-3-1-5-13(15)14-6-2-4-8-16(14)17/h1-8,12,17-18H,9-11H2,(H,27,28)(H,22,23,24,25)/t12-,18+/m0/s1. The molecule has 9 heteroatoms. The van der Waals surface area contributed by atoms with Crippen molar-refractivity contribution in [3.05, 3.63) is 65.5 Å². The molecule has 2 heterocycles. The minimum Gasteiger partial charge on any atom is -0.480 e. The number of nitrogens with one attached hydrogen (secondary N) is 1. The van der Waals surface area contributed by atoms with E-state index in [1.807, 2.05) is 36.4 Å². The van der Waals surface area contributed by atoms with E-state index >= 15 is 0 Å². The number of carboxylic acid groups (broad SMARTS) is 1. The zero-order valence-corrected chi connectivity index (χ0v) is 15.9. The van der Waals surface area contributed by atoms with E-state index in [4.69, 9.17) is 4.74 Å². The van der Waals surface area contributed by atoms with Crippen molar-refractivity contribution in [3.63, 3.8) is 0 Å². The van der Waals surface area contributed by atoms with Crippen LogP contribution in [-0.2, 0) is 9.53 Å². The van der Waals surface area contributed by atoms with E-state index < -0.39 is 18.1 Å². The normalized spacial score (nSPS) is 20.1. The Morgan fingerprint density at radius 3 is 2.37 bits per heavy atom. The maximum absolute atomic E-state index is 12.8. The molecule has 1 saturated heterocycles. The first-order valence-corrected chi connectivity index (χ1v) is 9.71. The second kappa shape index (κ2) is 7.25. The first kappa shape index (κ1) is 18.3. The lowest BCUT2D eigenvalue weighted by molar-refractivity contribution is -0.141. The number of carbonyl (C=O) groups excluding carboxylic acids is 1. The quantitative estimate of drug-likeness (QED) is 0.683. The minimum absolute atomic E-state index is 0.0831. The number of carboxylic acids is 1. The third kappa shape index (κ3) is 2.99. The first-order valence-electron chi connectivity index (χ1n) is 9.71. The van der Waals surface area contributed by atoms with Gasteiger partial charge < -0.3 is 9.84 Å². The zero-order valence-electron chi connectivity index (χ0n) is 15.9. The van der Waals surface area contributed by atoms with Gasteiger partial charge in [0.2, 0.25) is 0 Å². The summed E-state index contributed by atoms with van der Waals surface area (Å²) in [5.74, 6) is -1.06. The van der Waals surface area contributed by atoms with Crippen molar-refractivity contribution < 1.29 is 19.4 Å². The number of rotatable bonds is 4. The van der Waals surface area contributed by atoms with Crippen LogP contribution in [0.5, 0.6) is 0 Å². The average Bonchev–Trinajstić information content (AvgIpc) is 3.49. The van der Waals surface area contributed by atoms with Crippen LogP contribution in [0.4, 0.5) is 4.79 Å². The van der Waals surface area contributed by atoms with E-state index in [9.17, 15) is 14.7 Å². The maximum atomic E-state index is 12.8. The van der Waals surface area contributed by atoms with Crippen LogP contribution in [0.3, 0.4) is 0 Å². The van der Waals surface area contributed by atoms with Crippen molar-refractivity contribution in [2.24, 2.45) is 0 Å². The molecule has 3 aromatic rings. The van der Waals surface area contributed by atoms with Gasteiger partial charge >= 0.3 is 12.1 Å². The van der Waals surface area contributed by atoms with Crippen LogP contribution in [-0.4, -0.2) is 61.9 Å². The molecule has 1 aromatic heterocycles. The van der Waals surface area contributed by atoms with Gasteiger partial charge in [-0.05, 0) is 28.7 Å². The number of H-pyrrole nitrogens is 1. The lowest BCUT2D eigenvalue weighted by Crippen LogP contribution is -2.41. The molecule has 1 aliphatic carbocycles. The monoisotopic (exact) mass is 405 g/mol. The van der Waals surface area contributed by atoms with Crippen molar-refractivity contribution in [3.8, 4) is 11.1 Å². The number of ether oxygens (including phenoxy) is 1. The van der Waals surface area contributed by atoms with E-state index in [-0.39, 0.29) is 31.4 Å². The summed E-state index contributed by atoms with van der Waals surface area (Å²) in [4.78, 5) is 25.8. The van der Waals surface area contributed by atoms with Crippen molar-refractivity contribution >= 4 is 12.1 Å². The molecule has 2 aromatic carbocycles. The Bertz CT molecular complexity index is 1050. The molecule has 0 radical (unpaired) electrons. The average molecular weight is 405 g/mol. The molecule has 0 spiro atoms. The number of aromatic amines is 1. The number of tetrazole rings is 1. The predicted octanol–water partition coefficient (Wildman–Crippen LogP) is 2.39. The summed E-state index contributed by atoms with van der Waals surface area (Å²) in [6.07, 6.45) is -0.422. The van der Waals surface area contributed by atoms with Crippen LogP contribution in [0.2, 0.25) is 0 Å². The number of fused-ring (bicyclic) bond motifs is 3. The molecule has 0 saturated carbocycles. The van der Waals surface area contributed by atoms with Crippen LogP contribution < -0.4 is 0 Å². The largest absolute Gasteiger partial charge is 0.480 e. The van der Waals surface area contributed by atoms with Crippen molar-refractivity contribution in [1.82, 2.24) is 25.5 Å². The Labute approximate surface area is 171 Å². The maximum Gasteiger partial charge on any atom is 0.410 e. The Balaban J connectivity index is 1.34. The molecule has 9 nitrogen and oxygen atoms in total. The van der Waals surface area contributed by atoms with Crippen LogP contribution in [0.1, 0.15) is 35.2 Å². The van der Waals surface area contributed by atoms with Crippen molar-refractivity contribution in [2.75, 3.05) is 13.2 Å². The third-order valence-electron chi connectivity index (χ3n) is 5.88. The van der Waals surface area contributed by atoms with Gasteiger partial charge in [0.1, 0.15) is 12.6 Å². The van der Waals surface area contributed by atoms with Gasteiger partial charge in [-0.15, -0.1) is 10.2 Å². The molecule has 2 aliphatic rings. The van der Waals surface area contributed by atoms with Crippen LogP contribution >= 0.6 is 0 Å². The van der Waals surface area contributed by atoms with Gasteiger partial charge in [-0.1, -0.05) is 53.7 Å². The van der Waals surface area contributed by atoms with E-state index in [1.165, 1.54) is 4.90 Å². The van der Waals surface area contributed by atoms with Gasteiger partial charge in [-0.3, -0.25) is 4.90 Å². The number of benzene rings is 2. The number of amides is 1. The summed E-state index contributed by atoms with van der Waals surface area (Å²) in [6, 6.07) is 15.1. The number of nitrogens with zero attached hydrogens (tertiary/aromatic N) is 4. The molecule has 0 unspecified atom stereocenters. The molecule has 1 aliphatic heterocycles. The number of aliphatic carboxylic acids is 1. The Morgan fingerprint density at radius 1 is 1.10 bits per heavy atom. The van der Waals surface area contributed by atoms with Gasteiger partial charge in [0.05, 0.1) is 0 Å². The summed E-state index contributed by atoms with van der Waals surface area (Å²) in [5, 5.41) is 23.3. The highest BCUT2D eigenvalue weighted by Crippen LogP contribution is 2.44. The van der Waals surface area contributed by atoms with Gasteiger partial charge in [0.25, 0.3) is 0 Å². The Morgan fingerprint density at radius 2 is 1.77 bits per heavy atom. The Hall–Kier alpha value is -3.75. The molecule has 1 fully saturated rings. The predicted molar refractivity (Wildman–Crippen MR) is 105 cm³/mol. The molecule has 2 atom stereocenters. The van der Waals surface area contributed by atoms with Gasteiger partial charge in [0.15, 0.2) is 5.82 Å². The molecular formula is C21H19N5O4. The topological polar surface area (TPSA) is 121 Å². The van der Waals surface area contributed by atoms with E-state index in [2.05, 4.69) is 32.8 Å². The molecule has 1 amide bonds. The highest BCUT2D eigenvalue weighted by Gasteiger charge is 2.43. The second-order valence-corrected chi connectivity index (χ2v) is 7.51. The fourth-order valence-corrected chi connectivity index (χ4v) is 4.48. The van der Waals surface area contributed by atoms with E-state index in [1.54, 1.807) is 0 Å². The lowest BCUT2D eigenvalue weighted by atomic mass is 9.98. The smallest absolute Gasteiger partial charge is 0.410 e. The lowest BCUT2D eigenvalue weighted by Gasteiger charge is -2.22. The minimum atomic E-state index is -1.07. The third-order valence-corrected chi connectivity index (χ3v) is 5.88.